The molecule has 0 unspecified atom stereocenters. The SMILES string of the molecule is C=CC(=O)N1CCN(c2nc(=O)n(-c3c(C(C)C)ccnc3C(C)C)c3nc(-c4c(F)ccc5ccoc45)c(Cl)cc23)[C@@H](C)C1. The highest BCUT2D eigenvalue weighted by Gasteiger charge is 2.31. The van der Waals surface area contributed by atoms with Crippen LogP contribution in [-0.4, -0.2) is 56.0 Å². The first-order valence-corrected chi connectivity index (χ1v) is 15.4. The molecule has 0 spiro atoms. The fourth-order valence-electron chi connectivity index (χ4n) is 6.15. The number of amides is 1. The molecule has 11 heteroatoms. The van der Waals surface area contributed by atoms with Crippen LogP contribution in [0.25, 0.3) is 38.9 Å². The second-order valence-electron chi connectivity index (χ2n) is 12.0. The van der Waals surface area contributed by atoms with Crippen LogP contribution in [0.3, 0.4) is 0 Å². The average Bonchev–Trinajstić information content (AvgIpc) is 3.49. The molecule has 1 saturated heterocycles. The number of fused-ring (bicyclic) bond motifs is 2. The monoisotopic (exact) mass is 628 g/mol. The molecule has 1 aromatic carbocycles. The first-order chi connectivity index (χ1) is 21.5. The van der Waals surface area contributed by atoms with Crippen LogP contribution in [0.15, 0.2) is 64.7 Å². The average molecular weight is 629 g/mol. The number of halogens is 2. The van der Waals surface area contributed by atoms with Crippen LogP contribution in [-0.2, 0) is 4.79 Å². The molecule has 1 aliphatic rings. The molecule has 6 rings (SSSR count). The van der Waals surface area contributed by atoms with Gasteiger partial charge in [0, 0.05) is 37.3 Å². The minimum atomic E-state index is -0.557. The van der Waals surface area contributed by atoms with E-state index < -0.39 is 11.5 Å². The van der Waals surface area contributed by atoms with Crippen molar-refractivity contribution in [2.45, 2.75) is 52.5 Å². The van der Waals surface area contributed by atoms with Crippen LogP contribution < -0.4 is 10.6 Å². The summed E-state index contributed by atoms with van der Waals surface area (Å²) in [5.74, 6) is -0.311. The Morgan fingerprint density at radius 2 is 1.91 bits per heavy atom. The number of nitrogens with zero attached hydrogens (tertiary/aromatic N) is 6. The molecule has 1 amide bonds. The maximum absolute atomic E-state index is 15.6. The number of anilines is 1. The highest BCUT2D eigenvalue weighted by molar-refractivity contribution is 6.34. The minimum Gasteiger partial charge on any atom is -0.464 e. The van der Waals surface area contributed by atoms with Crippen molar-refractivity contribution in [3.8, 4) is 16.9 Å². The molecule has 0 radical (unpaired) electrons. The van der Waals surface area contributed by atoms with Crippen LogP contribution in [0.4, 0.5) is 10.2 Å². The lowest BCUT2D eigenvalue weighted by Gasteiger charge is -2.40. The summed E-state index contributed by atoms with van der Waals surface area (Å²) >= 11 is 6.93. The number of furan rings is 1. The zero-order chi connectivity index (χ0) is 32.2. The molecular weight excluding hydrogens is 595 g/mol. The maximum atomic E-state index is 15.6. The van der Waals surface area contributed by atoms with Crippen LogP contribution >= 0.6 is 11.6 Å². The number of pyridine rings is 2. The third-order valence-electron chi connectivity index (χ3n) is 8.37. The van der Waals surface area contributed by atoms with Gasteiger partial charge in [-0.1, -0.05) is 45.9 Å². The summed E-state index contributed by atoms with van der Waals surface area (Å²) in [6.45, 7) is 15.0. The van der Waals surface area contributed by atoms with Gasteiger partial charge in [0.05, 0.1) is 39.3 Å². The maximum Gasteiger partial charge on any atom is 0.355 e. The Kier molecular flexibility index (Phi) is 7.95. The molecule has 0 saturated carbocycles. The third-order valence-corrected chi connectivity index (χ3v) is 8.66. The Labute approximate surface area is 265 Å². The number of rotatable bonds is 6. The van der Waals surface area contributed by atoms with Gasteiger partial charge in [-0.2, -0.15) is 4.98 Å². The molecular formula is C34H34ClFN6O3. The van der Waals surface area contributed by atoms with Crippen molar-refractivity contribution in [1.29, 1.82) is 0 Å². The van der Waals surface area contributed by atoms with Crippen molar-refractivity contribution in [3.63, 3.8) is 0 Å². The number of hydrogen-bond donors (Lipinski definition) is 0. The number of carbonyl (C=O) groups excluding carboxylic acids is 1. The van der Waals surface area contributed by atoms with Crippen LogP contribution in [0.2, 0.25) is 5.02 Å². The van der Waals surface area contributed by atoms with Gasteiger partial charge in [0.25, 0.3) is 0 Å². The number of aromatic nitrogens is 4. The van der Waals surface area contributed by atoms with Crippen molar-refractivity contribution in [2.24, 2.45) is 0 Å². The number of piperazine rings is 1. The first-order valence-electron chi connectivity index (χ1n) is 15.0. The Balaban J connectivity index is 1.69. The van der Waals surface area contributed by atoms with E-state index in [1.165, 1.54) is 23.0 Å². The van der Waals surface area contributed by atoms with Gasteiger partial charge in [-0.15, -0.1) is 0 Å². The standard InChI is InChI=1S/C34H34ClFN6O3/c1-7-26(43)40-13-14-41(20(6)17-40)32-23-16-24(35)29(27-25(36)9-8-21-11-15-45-31(21)27)38-33(23)42(34(44)39-32)30-22(18(2)3)10-12-37-28(30)19(4)5/h7-12,15-16,18-20H,1,13-14,17H2,2-6H3/t20-/m0/s1. The summed E-state index contributed by atoms with van der Waals surface area (Å²) in [5, 5.41) is 1.37. The van der Waals surface area contributed by atoms with Crippen molar-refractivity contribution in [2.75, 3.05) is 24.5 Å². The van der Waals surface area contributed by atoms with Crippen molar-refractivity contribution in [3.05, 3.63) is 88.0 Å². The molecule has 0 aliphatic carbocycles. The Hall–Kier alpha value is -4.57. The fourth-order valence-corrected chi connectivity index (χ4v) is 6.40. The summed E-state index contributed by atoms with van der Waals surface area (Å²) < 4.78 is 22.7. The van der Waals surface area contributed by atoms with Gasteiger partial charge in [0.1, 0.15) is 17.2 Å². The van der Waals surface area contributed by atoms with Crippen molar-refractivity contribution in [1.82, 2.24) is 24.4 Å². The zero-order valence-electron chi connectivity index (χ0n) is 25.8. The van der Waals surface area contributed by atoms with E-state index in [1.807, 2.05) is 45.6 Å². The van der Waals surface area contributed by atoms with Gasteiger partial charge in [0.2, 0.25) is 5.91 Å². The molecule has 5 aromatic rings. The molecule has 45 heavy (non-hydrogen) atoms. The molecule has 4 aromatic heterocycles. The first kappa shape index (κ1) is 30.5. The van der Waals surface area contributed by atoms with Crippen molar-refractivity contribution >= 4 is 45.3 Å². The van der Waals surface area contributed by atoms with Gasteiger partial charge in [-0.05, 0) is 60.7 Å². The zero-order valence-corrected chi connectivity index (χ0v) is 26.6. The summed E-state index contributed by atoms with van der Waals surface area (Å²) in [5.41, 5.74) is 2.47. The van der Waals surface area contributed by atoms with Gasteiger partial charge >= 0.3 is 5.69 Å². The second kappa shape index (κ2) is 11.7. The molecule has 9 nitrogen and oxygen atoms in total. The van der Waals surface area contributed by atoms with E-state index in [0.717, 1.165) is 5.56 Å². The molecule has 0 N–H and O–H groups in total. The molecule has 5 heterocycles. The van der Waals surface area contributed by atoms with Crippen LogP contribution in [0.1, 0.15) is 57.7 Å². The normalized spacial score (nSPS) is 15.5. The molecule has 1 fully saturated rings. The lowest BCUT2D eigenvalue weighted by atomic mass is 9.97. The highest BCUT2D eigenvalue weighted by Crippen LogP contribution is 2.39. The predicted octanol–water partition coefficient (Wildman–Crippen LogP) is 6.85. The molecule has 232 valence electrons. The Bertz CT molecular complexity index is 2010. The number of hydrogen-bond acceptors (Lipinski definition) is 7. The summed E-state index contributed by atoms with van der Waals surface area (Å²) in [6, 6.07) is 8.12. The molecule has 1 atom stereocenters. The number of carbonyl (C=O) groups is 1. The predicted molar refractivity (Wildman–Crippen MR) is 175 cm³/mol. The van der Waals surface area contributed by atoms with E-state index >= 15 is 4.39 Å². The van der Waals surface area contributed by atoms with E-state index in [4.69, 9.17) is 21.0 Å². The van der Waals surface area contributed by atoms with E-state index in [1.54, 1.807) is 29.3 Å². The van der Waals surface area contributed by atoms with Gasteiger partial charge in [-0.3, -0.25) is 9.78 Å². The van der Waals surface area contributed by atoms with Gasteiger partial charge in [-0.25, -0.2) is 18.7 Å². The van der Waals surface area contributed by atoms with Crippen molar-refractivity contribution < 1.29 is 13.6 Å². The molecule has 1 aliphatic heterocycles. The summed E-state index contributed by atoms with van der Waals surface area (Å²) in [7, 11) is 0. The Morgan fingerprint density at radius 1 is 1.13 bits per heavy atom. The quantitative estimate of drug-likeness (QED) is 0.190. The second-order valence-corrected chi connectivity index (χ2v) is 12.4. The third kappa shape index (κ3) is 5.16. The van der Waals surface area contributed by atoms with E-state index in [9.17, 15) is 9.59 Å². The fraction of sp³-hybridized carbons (Fsp3) is 0.324. The van der Waals surface area contributed by atoms with E-state index in [2.05, 4.69) is 16.5 Å². The van der Waals surface area contributed by atoms with Gasteiger partial charge < -0.3 is 14.2 Å². The smallest absolute Gasteiger partial charge is 0.355 e. The van der Waals surface area contributed by atoms with Crippen LogP contribution in [0, 0.1) is 5.82 Å². The topological polar surface area (TPSA) is 97.4 Å². The lowest BCUT2D eigenvalue weighted by molar-refractivity contribution is -0.126. The molecule has 0 bridgehead atoms. The minimum absolute atomic E-state index is 0.0306. The highest BCUT2D eigenvalue weighted by atomic mass is 35.5. The lowest BCUT2D eigenvalue weighted by Crippen LogP contribution is -2.54. The Morgan fingerprint density at radius 3 is 2.60 bits per heavy atom. The largest absolute Gasteiger partial charge is 0.464 e. The number of benzene rings is 1. The van der Waals surface area contributed by atoms with Gasteiger partial charge in [0.15, 0.2) is 5.65 Å². The summed E-state index contributed by atoms with van der Waals surface area (Å²) in [6.07, 6.45) is 4.53. The van der Waals surface area contributed by atoms with E-state index in [-0.39, 0.29) is 45.7 Å². The van der Waals surface area contributed by atoms with E-state index in [0.29, 0.717) is 53.2 Å². The van der Waals surface area contributed by atoms with Crippen LogP contribution in [0.5, 0.6) is 0 Å². The summed E-state index contributed by atoms with van der Waals surface area (Å²) in [4.78, 5) is 44.6.